The number of amides is 1. The van der Waals surface area contributed by atoms with Crippen molar-refractivity contribution in [1.82, 2.24) is 0 Å². The molecule has 0 heterocycles. The Morgan fingerprint density at radius 2 is 1.87 bits per heavy atom. The molecule has 1 aromatic carbocycles. The fourth-order valence-electron chi connectivity index (χ4n) is 3.04. The third-order valence-electron chi connectivity index (χ3n) is 4.50. The van der Waals surface area contributed by atoms with Gasteiger partial charge in [0, 0.05) is 12.3 Å². The molecule has 2 rings (SSSR count). The van der Waals surface area contributed by atoms with Gasteiger partial charge in [-0.1, -0.05) is 13.8 Å². The first-order valence-electron chi connectivity index (χ1n) is 8.78. The lowest BCUT2D eigenvalue weighted by molar-refractivity contribution is -0.146. The third-order valence-corrected chi connectivity index (χ3v) is 4.50. The monoisotopic (exact) mass is 319 g/mol. The molecule has 0 aliphatic heterocycles. The minimum absolute atomic E-state index is 0.0199. The first-order valence-corrected chi connectivity index (χ1v) is 8.78. The maximum atomic E-state index is 12.8. The Balaban J connectivity index is 2.00. The van der Waals surface area contributed by atoms with E-state index in [9.17, 15) is 4.79 Å². The highest BCUT2D eigenvalue weighted by molar-refractivity contribution is 5.97. The molecule has 1 saturated carbocycles. The Morgan fingerprint density at radius 3 is 2.43 bits per heavy atom. The lowest BCUT2D eigenvalue weighted by Gasteiger charge is -2.37. The van der Waals surface area contributed by atoms with Gasteiger partial charge < -0.3 is 14.8 Å². The minimum Gasteiger partial charge on any atom is -0.494 e. The Labute approximate surface area is 139 Å². The largest absolute Gasteiger partial charge is 0.494 e. The van der Waals surface area contributed by atoms with Crippen LogP contribution >= 0.6 is 0 Å². The molecule has 0 spiro atoms. The number of hydrogen-bond acceptors (Lipinski definition) is 3. The van der Waals surface area contributed by atoms with Crippen molar-refractivity contribution < 1.29 is 14.3 Å². The number of carbonyl (C=O) groups is 1. The average Bonchev–Trinajstić information content (AvgIpc) is 2.56. The second-order valence-corrected chi connectivity index (χ2v) is 6.44. The number of rotatable bonds is 7. The molecule has 0 atom stereocenters. The highest BCUT2D eigenvalue weighted by Crippen LogP contribution is 2.35. The standard InChI is InChI=1S/C19H29NO3/c1-4-14-22-17-8-6-16(7-9-17)20-18(21)19(23-5-2)12-10-15(3)11-13-19/h6-9,15H,4-5,10-14H2,1-3H3,(H,20,21). The van der Waals surface area contributed by atoms with Gasteiger partial charge in [0.25, 0.3) is 5.91 Å². The number of nitrogens with one attached hydrogen (secondary N) is 1. The molecule has 0 saturated heterocycles. The normalized spacial score (nSPS) is 24.2. The number of benzene rings is 1. The minimum atomic E-state index is -0.668. The van der Waals surface area contributed by atoms with Crippen LogP contribution in [0.1, 0.15) is 52.9 Å². The van der Waals surface area contributed by atoms with Crippen LogP contribution in [0.5, 0.6) is 5.75 Å². The highest BCUT2D eigenvalue weighted by Gasteiger charge is 2.41. The highest BCUT2D eigenvalue weighted by atomic mass is 16.5. The summed E-state index contributed by atoms with van der Waals surface area (Å²) in [7, 11) is 0. The van der Waals surface area contributed by atoms with E-state index in [0.29, 0.717) is 19.1 Å². The van der Waals surface area contributed by atoms with E-state index in [0.717, 1.165) is 43.5 Å². The number of anilines is 1. The fourth-order valence-corrected chi connectivity index (χ4v) is 3.04. The van der Waals surface area contributed by atoms with Crippen LogP contribution in [0, 0.1) is 5.92 Å². The van der Waals surface area contributed by atoms with E-state index in [-0.39, 0.29) is 5.91 Å². The lowest BCUT2D eigenvalue weighted by Crippen LogP contribution is -2.48. The van der Waals surface area contributed by atoms with Crippen LogP contribution in [0.2, 0.25) is 0 Å². The van der Waals surface area contributed by atoms with Gasteiger partial charge in [0.15, 0.2) is 0 Å². The van der Waals surface area contributed by atoms with Crippen LogP contribution in [-0.4, -0.2) is 24.7 Å². The van der Waals surface area contributed by atoms with E-state index in [4.69, 9.17) is 9.47 Å². The smallest absolute Gasteiger partial charge is 0.256 e. The van der Waals surface area contributed by atoms with Gasteiger partial charge in [0.05, 0.1) is 6.61 Å². The summed E-state index contributed by atoms with van der Waals surface area (Å²) in [6.07, 6.45) is 4.65. The molecule has 23 heavy (non-hydrogen) atoms. The van der Waals surface area contributed by atoms with Crippen molar-refractivity contribution >= 4 is 11.6 Å². The van der Waals surface area contributed by atoms with E-state index < -0.39 is 5.60 Å². The van der Waals surface area contributed by atoms with Gasteiger partial charge in [0.2, 0.25) is 0 Å². The summed E-state index contributed by atoms with van der Waals surface area (Å²) in [5, 5.41) is 3.02. The van der Waals surface area contributed by atoms with E-state index >= 15 is 0 Å². The number of hydrogen-bond donors (Lipinski definition) is 1. The van der Waals surface area contributed by atoms with Crippen LogP contribution in [-0.2, 0) is 9.53 Å². The van der Waals surface area contributed by atoms with Crippen molar-refractivity contribution in [3.05, 3.63) is 24.3 Å². The summed E-state index contributed by atoms with van der Waals surface area (Å²) >= 11 is 0. The third kappa shape index (κ3) is 4.71. The van der Waals surface area contributed by atoms with Gasteiger partial charge in [0.1, 0.15) is 11.4 Å². The van der Waals surface area contributed by atoms with Gasteiger partial charge in [-0.2, -0.15) is 0 Å². The predicted octanol–water partition coefficient (Wildman–Crippen LogP) is 4.40. The molecule has 4 nitrogen and oxygen atoms in total. The van der Waals surface area contributed by atoms with Gasteiger partial charge >= 0.3 is 0 Å². The molecule has 0 bridgehead atoms. The summed E-state index contributed by atoms with van der Waals surface area (Å²) in [6, 6.07) is 7.55. The van der Waals surface area contributed by atoms with E-state index in [1.807, 2.05) is 31.2 Å². The zero-order valence-corrected chi connectivity index (χ0v) is 14.6. The van der Waals surface area contributed by atoms with E-state index in [2.05, 4.69) is 19.2 Å². The second kappa shape index (κ2) is 8.34. The lowest BCUT2D eigenvalue weighted by atomic mass is 9.78. The summed E-state index contributed by atoms with van der Waals surface area (Å²) in [5.74, 6) is 1.48. The molecule has 0 aromatic heterocycles. The topological polar surface area (TPSA) is 47.6 Å². The van der Waals surface area contributed by atoms with E-state index in [1.165, 1.54) is 0 Å². The van der Waals surface area contributed by atoms with Gasteiger partial charge in [-0.3, -0.25) is 4.79 Å². The number of ether oxygens (including phenoxy) is 2. The molecule has 128 valence electrons. The van der Waals surface area contributed by atoms with Crippen molar-refractivity contribution in [2.75, 3.05) is 18.5 Å². The van der Waals surface area contributed by atoms with Crippen molar-refractivity contribution in [1.29, 1.82) is 0 Å². The molecule has 1 aliphatic rings. The second-order valence-electron chi connectivity index (χ2n) is 6.44. The van der Waals surface area contributed by atoms with Crippen LogP contribution in [0.4, 0.5) is 5.69 Å². The van der Waals surface area contributed by atoms with Gasteiger partial charge in [-0.25, -0.2) is 0 Å². The average molecular weight is 319 g/mol. The molecule has 1 aliphatic carbocycles. The van der Waals surface area contributed by atoms with E-state index in [1.54, 1.807) is 0 Å². The van der Waals surface area contributed by atoms with Crippen molar-refractivity contribution in [2.24, 2.45) is 5.92 Å². The maximum absolute atomic E-state index is 12.8. The summed E-state index contributed by atoms with van der Waals surface area (Å²) in [6.45, 7) is 7.53. The van der Waals surface area contributed by atoms with Crippen LogP contribution in [0.15, 0.2) is 24.3 Å². The predicted molar refractivity (Wildman–Crippen MR) is 92.8 cm³/mol. The molecule has 1 amide bonds. The molecule has 1 aromatic rings. The number of carbonyl (C=O) groups excluding carboxylic acids is 1. The Morgan fingerprint density at radius 1 is 1.22 bits per heavy atom. The fraction of sp³-hybridized carbons (Fsp3) is 0.632. The van der Waals surface area contributed by atoms with Crippen molar-refractivity contribution in [2.45, 2.75) is 58.5 Å². The molecule has 0 unspecified atom stereocenters. The molecule has 4 heteroatoms. The first-order chi connectivity index (χ1) is 11.1. The van der Waals surface area contributed by atoms with Crippen molar-refractivity contribution in [3.63, 3.8) is 0 Å². The quantitative estimate of drug-likeness (QED) is 0.810. The summed E-state index contributed by atoms with van der Waals surface area (Å²) in [5.41, 5.74) is 0.120. The first kappa shape index (κ1) is 17.8. The van der Waals surface area contributed by atoms with Crippen LogP contribution in [0.25, 0.3) is 0 Å². The molecule has 0 radical (unpaired) electrons. The molecular formula is C19H29NO3. The summed E-state index contributed by atoms with van der Waals surface area (Å²) < 4.78 is 11.5. The van der Waals surface area contributed by atoms with Gasteiger partial charge in [-0.15, -0.1) is 0 Å². The molecule has 1 fully saturated rings. The zero-order chi connectivity index (χ0) is 16.7. The SMILES string of the molecule is CCCOc1ccc(NC(=O)C2(OCC)CCC(C)CC2)cc1. The Bertz CT molecular complexity index is 490. The maximum Gasteiger partial charge on any atom is 0.256 e. The zero-order valence-electron chi connectivity index (χ0n) is 14.6. The Kier molecular flexibility index (Phi) is 6.46. The molecular weight excluding hydrogens is 290 g/mol. The molecule has 1 N–H and O–H groups in total. The van der Waals surface area contributed by atoms with Crippen LogP contribution < -0.4 is 10.1 Å². The van der Waals surface area contributed by atoms with Crippen molar-refractivity contribution in [3.8, 4) is 5.75 Å². The Hall–Kier alpha value is -1.55. The van der Waals surface area contributed by atoms with Gasteiger partial charge in [-0.05, 0) is 69.2 Å². The summed E-state index contributed by atoms with van der Waals surface area (Å²) in [4.78, 5) is 12.8. The van der Waals surface area contributed by atoms with Crippen LogP contribution in [0.3, 0.4) is 0 Å².